The number of hydrogen-bond acceptors (Lipinski definition) is 3. The lowest BCUT2D eigenvalue weighted by molar-refractivity contribution is -0.154. The van der Waals surface area contributed by atoms with Crippen LogP contribution in [0.3, 0.4) is 0 Å². The van der Waals surface area contributed by atoms with Crippen molar-refractivity contribution in [2.75, 3.05) is 6.61 Å². The lowest BCUT2D eigenvalue weighted by atomic mass is 9.49. The number of ether oxygens (including phenoxy) is 1. The van der Waals surface area contributed by atoms with Crippen molar-refractivity contribution in [1.82, 2.24) is 10.3 Å². The number of nitrogens with one attached hydrogen (secondary N) is 1. The summed E-state index contributed by atoms with van der Waals surface area (Å²) in [5, 5.41) is 3.01. The summed E-state index contributed by atoms with van der Waals surface area (Å²) < 4.78 is 41.4. The minimum Gasteiger partial charge on any atom is -0.468 e. The van der Waals surface area contributed by atoms with Crippen LogP contribution in [-0.2, 0) is 11.3 Å². The number of hydrogen-bond donors (Lipinski definition) is 1. The Morgan fingerprint density at radius 2 is 1.81 bits per heavy atom. The summed E-state index contributed by atoms with van der Waals surface area (Å²) in [5.74, 6) is 2.09. The van der Waals surface area contributed by atoms with Crippen LogP contribution in [0.15, 0.2) is 18.3 Å². The van der Waals surface area contributed by atoms with E-state index in [0.29, 0.717) is 23.3 Å². The number of amides is 1. The van der Waals surface area contributed by atoms with Crippen LogP contribution in [0, 0.1) is 23.2 Å². The molecule has 1 N–H and O–H groups in total. The minimum absolute atomic E-state index is 0.0797. The van der Waals surface area contributed by atoms with Crippen molar-refractivity contribution < 1.29 is 22.7 Å². The van der Waals surface area contributed by atoms with E-state index in [1.54, 1.807) is 6.07 Å². The molecule has 1 heterocycles. The van der Waals surface area contributed by atoms with Crippen LogP contribution in [0.25, 0.3) is 0 Å². The lowest BCUT2D eigenvalue weighted by Gasteiger charge is -2.55. The molecule has 7 heteroatoms. The summed E-state index contributed by atoms with van der Waals surface area (Å²) in [4.78, 5) is 16.7. The molecule has 26 heavy (non-hydrogen) atoms. The van der Waals surface area contributed by atoms with E-state index in [1.807, 2.05) is 0 Å². The van der Waals surface area contributed by atoms with E-state index in [-0.39, 0.29) is 23.7 Å². The van der Waals surface area contributed by atoms with E-state index in [0.717, 1.165) is 19.3 Å². The SMILES string of the molecule is O=C(NCc1ccnc(OCC(F)(F)F)c1)C12CC3CC(CC(C3)C1)C2. The Morgan fingerprint density at radius 1 is 1.19 bits per heavy atom. The number of alkyl halides is 3. The summed E-state index contributed by atoms with van der Waals surface area (Å²) in [6, 6.07) is 3.13. The lowest BCUT2D eigenvalue weighted by Crippen LogP contribution is -2.53. The molecule has 5 rings (SSSR count). The zero-order valence-corrected chi connectivity index (χ0v) is 14.5. The molecule has 4 fully saturated rings. The summed E-state index contributed by atoms with van der Waals surface area (Å²) in [6.45, 7) is -1.09. The average Bonchev–Trinajstić information content (AvgIpc) is 2.56. The van der Waals surface area contributed by atoms with E-state index in [1.165, 1.54) is 31.5 Å². The number of pyridine rings is 1. The summed E-state index contributed by atoms with van der Waals surface area (Å²) in [5.41, 5.74) is 0.465. The fraction of sp³-hybridized carbons (Fsp3) is 0.684. The first-order valence-corrected chi connectivity index (χ1v) is 9.24. The molecule has 4 aliphatic carbocycles. The van der Waals surface area contributed by atoms with Crippen LogP contribution in [0.5, 0.6) is 5.88 Å². The Balaban J connectivity index is 1.36. The van der Waals surface area contributed by atoms with E-state index >= 15 is 0 Å². The second-order valence-electron chi connectivity index (χ2n) is 8.29. The Hall–Kier alpha value is -1.79. The van der Waals surface area contributed by atoms with Gasteiger partial charge in [0.05, 0.1) is 0 Å². The summed E-state index contributed by atoms with van der Waals surface area (Å²) in [7, 11) is 0. The van der Waals surface area contributed by atoms with Crippen molar-refractivity contribution in [2.45, 2.75) is 51.2 Å². The predicted molar refractivity (Wildman–Crippen MR) is 88.2 cm³/mol. The van der Waals surface area contributed by atoms with Crippen LogP contribution in [-0.4, -0.2) is 23.7 Å². The van der Waals surface area contributed by atoms with Crippen molar-refractivity contribution >= 4 is 5.91 Å². The summed E-state index contributed by atoms with van der Waals surface area (Å²) in [6.07, 6.45) is 3.79. The zero-order chi connectivity index (χ0) is 18.4. The predicted octanol–water partition coefficient (Wildman–Crippen LogP) is 3.86. The molecule has 0 radical (unpaired) electrons. The van der Waals surface area contributed by atoms with Crippen LogP contribution < -0.4 is 10.1 Å². The second-order valence-corrected chi connectivity index (χ2v) is 8.29. The molecule has 4 aliphatic rings. The molecule has 0 unspecified atom stereocenters. The highest BCUT2D eigenvalue weighted by molar-refractivity contribution is 5.83. The molecule has 1 aromatic rings. The number of halogens is 3. The zero-order valence-electron chi connectivity index (χ0n) is 14.5. The standard InChI is InChI=1S/C19H23F3N2O2/c20-19(21,22)11-26-16-6-12(1-2-23-16)10-24-17(25)18-7-13-3-14(8-18)5-15(4-13)9-18/h1-2,6,13-15H,3-5,7-11H2,(H,24,25). The normalized spacial score (nSPS) is 32.5. The third-order valence-corrected chi connectivity index (χ3v) is 6.16. The molecule has 1 aromatic heterocycles. The number of rotatable bonds is 5. The van der Waals surface area contributed by atoms with Crippen molar-refractivity contribution in [3.8, 4) is 5.88 Å². The molecule has 0 aliphatic heterocycles. The number of nitrogens with zero attached hydrogens (tertiary/aromatic N) is 1. The van der Waals surface area contributed by atoms with Crippen molar-refractivity contribution in [3.05, 3.63) is 23.9 Å². The molecule has 4 bridgehead atoms. The number of carbonyl (C=O) groups excluding carboxylic acids is 1. The fourth-order valence-electron chi connectivity index (χ4n) is 5.55. The Labute approximate surface area is 150 Å². The Morgan fingerprint density at radius 3 is 2.38 bits per heavy atom. The van der Waals surface area contributed by atoms with Gasteiger partial charge in [-0.15, -0.1) is 0 Å². The van der Waals surface area contributed by atoms with Gasteiger partial charge in [-0.25, -0.2) is 4.98 Å². The van der Waals surface area contributed by atoms with Gasteiger partial charge in [-0.1, -0.05) is 0 Å². The molecule has 4 nitrogen and oxygen atoms in total. The molecular formula is C19H23F3N2O2. The number of aromatic nitrogens is 1. The first kappa shape index (κ1) is 17.6. The van der Waals surface area contributed by atoms with Gasteiger partial charge in [0.1, 0.15) is 0 Å². The number of carbonyl (C=O) groups is 1. The van der Waals surface area contributed by atoms with Crippen LogP contribution in [0.4, 0.5) is 13.2 Å². The Kier molecular flexibility index (Phi) is 4.35. The van der Waals surface area contributed by atoms with Gasteiger partial charge in [-0.3, -0.25) is 4.79 Å². The highest BCUT2D eigenvalue weighted by atomic mass is 19.4. The van der Waals surface area contributed by atoms with Crippen LogP contribution in [0.2, 0.25) is 0 Å². The Bertz CT molecular complexity index is 654. The largest absolute Gasteiger partial charge is 0.468 e. The van der Waals surface area contributed by atoms with Gasteiger partial charge in [-0.2, -0.15) is 13.2 Å². The third-order valence-electron chi connectivity index (χ3n) is 6.16. The van der Waals surface area contributed by atoms with Gasteiger partial charge in [0, 0.05) is 24.2 Å². The second kappa shape index (κ2) is 6.43. The highest BCUT2D eigenvalue weighted by Crippen LogP contribution is 2.60. The van der Waals surface area contributed by atoms with Gasteiger partial charge >= 0.3 is 6.18 Å². The average molecular weight is 368 g/mol. The van der Waals surface area contributed by atoms with Crippen LogP contribution in [0.1, 0.15) is 44.1 Å². The quantitative estimate of drug-likeness (QED) is 0.859. The molecule has 0 saturated heterocycles. The molecule has 0 atom stereocenters. The van der Waals surface area contributed by atoms with E-state index in [2.05, 4.69) is 15.0 Å². The highest BCUT2D eigenvalue weighted by Gasteiger charge is 2.54. The topological polar surface area (TPSA) is 51.2 Å². The van der Waals surface area contributed by atoms with Crippen molar-refractivity contribution in [1.29, 1.82) is 0 Å². The maximum atomic E-state index is 12.9. The molecule has 142 valence electrons. The van der Waals surface area contributed by atoms with Crippen molar-refractivity contribution in [2.24, 2.45) is 23.2 Å². The van der Waals surface area contributed by atoms with Gasteiger partial charge < -0.3 is 10.1 Å². The van der Waals surface area contributed by atoms with Gasteiger partial charge in [0.25, 0.3) is 0 Å². The van der Waals surface area contributed by atoms with E-state index in [4.69, 9.17) is 0 Å². The monoisotopic (exact) mass is 368 g/mol. The summed E-state index contributed by atoms with van der Waals surface area (Å²) >= 11 is 0. The maximum Gasteiger partial charge on any atom is 0.422 e. The first-order chi connectivity index (χ1) is 12.3. The van der Waals surface area contributed by atoms with Gasteiger partial charge in [0.2, 0.25) is 11.8 Å². The molecule has 0 spiro atoms. The third kappa shape index (κ3) is 3.67. The van der Waals surface area contributed by atoms with Crippen molar-refractivity contribution in [3.63, 3.8) is 0 Å². The molecular weight excluding hydrogens is 345 g/mol. The van der Waals surface area contributed by atoms with Gasteiger partial charge in [0.15, 0.2) is 6.61 Å². The van der Waals surface area contributed by atoms with Crippen LogP contribution >= 0.6 is 0 Å². The molecule has 4 saturated carbocycles. The fourth-order valence-corrected chi connectivity index (χ4v) is 5.55. The maximum absolute atomic E-state index is 12.9. The first-order valence-electron chi connectivity index (χ1n) is 9.24. The van der Waals surface area contributed by atoms with E-state index < -0.39 is 12.8 Å². The van der Waals surface area contributed by atoms with E-state index in [9.17, 15) is 18.0 Å². The smallest absolute Gasteiger partial charge is 0.422 e. The minimum atomic E-state index is -4.40. The molecule has 1 amide bonds. The molecule has 0 aromatic carbocycles. The van der Waals surface area contributed by atoms with Gasteiger partial charge in [-0.05, 0) is 67.9 Å².